The molecule has 3 rings (SSSR count). The predicted molar refractivity (Wildman–Crippen MR) is 94.9 cm³/mol. The molecule has 126 valence electrons. The van der Waals surface area contributed by atoms with E-state index in [0.29, 0.717) is 26.8 Å². The van der Waals surface area contributed by atoms with Gasteiger partial charge in [0.05, 0.1) is 27.9 Å². The molecular weight excluding hydrogens is 365 g/mol. The molecule has 1 N–H and O–H groups in total. The summed E-state index contributed by atoms with van der Waals surface area (Å²) < 4.78 is 4.95. The molecule has 0 aliphatic heterocycles. The number of nitrogens with zero attached hydrogens (tertiary/aromatic N) is 2. The van der Waals surface area contributed by atoms with Crippen LogP contribution in [0, 0.1) is 0 Å². The highest BCUT2D eigenvalue weighted by Gasteiger charge is 2.14. The van der Waals surface area contributed by atoms with Crippen LogP contribution < -0.4 is 5.32 Å². The van der Waals surface area contributed by atoms with Gasteiger partial charge in [-0.25, -0.2) is 9.78 Å². The number of rotatable bonds is 4. The Morgan fingerprint density at radius 3 is 2.64 bits per heavy atom. The van der Waals surface area contributed by atoms with Crippen molar-refractivity contribution in [1.82, 2.24) is 9.97 Å². The highest BCUT2D eigenvalue weighted by atomic mass is 35.5. The van der Waals surface area contributed by atoms with Crippen LogP contribution in [0.2, 0.25) is 10.0 Å². The maximum atomic E-state index is 12.0. The Kier molecular flexibility index (Phi) is 5.11. The van der Waals surface area contributed by atoms with E-state index in [1.807, 2.05) is 6.07 Å². The van der Waals surface area contributed by atoms with E-state index < -0.39 is 18.5 Å². The SMILES string of the molecule is O=C(COC(=O)c1cnc2ccccc2n1)Nc1cc(Cl)ccc1Cl. The van der Waals surface area contributed by atoms with Crippen LogP contribution in [-0.2, 0) is 9.53 Å². The Morgan fingerprint density at radius 1 is 1.08 bits per heavy atom. The van der Waals surface area contributed by atoms with Crippen LogP contribution in [0.4, 0.5) is 5.69 Å². The van der Waals surface area contributed by atoms with Crippen LogP contribution in [0.3, 0.4) is 0 Å². The summed E-state index contributed by atoms with van der Waals surface area (Å²) in [4.78, 5) is 32.2. The number of benzene rings is 2. The first-order valence-electron chi connectivity index (χ1n) is 7.17. The number of anilines is 1. The number of halogens is 2. The Bertz CT molecular complexity index is 963. The largest absolute Gasteiger partial charge is 0.451 e. The van der Waals surface area contributed by atoms with Gasteiger partial charge in [0.1, 0.15) is 0 Å². The molecule has 0 aliphatic carbocycles. The number of esters is 1. The molecule has 0 unspecified atom stereocenters. The first kappa shape index (κ1) is 17.1. The van der Waals surface area contributed by atoms with Crippen molar-refractivity contribution in [2.24, 2.45) is 0 Å². The third kappa shape index (κ3) is 4.23. The van der Waals surface area contributed by atoms with Crippen LogP contribution in [0.25, 0.3) is 11.0 Å². The van der Waals surface area contributed by atoms with Gasteiger partial charge in [-0.1, -0.05) is 35.3 Å². The molecule has 6 nitrogen and oxygen atoms in total. The monoisotopic (exact) mass is 375 g/mol. The lowest BCUT2D eigenvalue weighted by Crippen LogP contribution is -2.21. The van der Waals surface area contributed by atoms with E-state index >= 15 is 0 Å². The minimum absolute atomic E-state index is 0.0206. The van der Waals surface area contributed by atoms with E-state index in [1.54, 1.807) is 30.3 Å². The molecule has 2 aromatic carbocycles. The second kappa shape index (κ2) is 7.46. The fourth-order valence-corrected chi connectivity index (χ4v) is 2.38. The molecule has 3 aromatic rings. The zero-order valence-corrected chi connectivity index (χ0v) is 14.2. The number of hydrogen-bond donors (Lipinski definition) is 1. The van der Waals surface area contributed by atoms with E-state index in [1.165, 1.54) is 12.3 Å². The lowest BCUT2D eigenvalue weighted by molar-refractivity contribution is -0.119. The number of carbonyl (C=O) groups is 2. The second-order valence-corrected chi connectivity index (χ2v) is 5.84. The van der Waals surface area contributed by atoms with Crippen molar-refractivity contribution in [2.75, 3.05) is 11.9 Å². The molecule has 0 radical (unpaired) electrons. The minimum atomic E-state index is -0.745. The van der Waals surface area contributed by atoms with Gasteiger partial charge in [0.15, 0.2) is 12.3 Å². The van der Waals surface area contributed by atoms with Gasteiger partial charge in [-0.2, -0.15) is 0 Å². The van der Waals surface area contributed by atoms with Crippen LogP contribution in [-0.4, -0.2) is 28.5 Å². The smallest absolute Gasteiger partial charge is 0.359 e. The zero-order valence-electron chi connectivity index (χ0n) is 12.7. The number of carbonyl (C=O) groups excluding carboxylic acids is 2. The van der Waals surface area contributed by atoms with Crippen molar-refractivity contribution in [3.05, 3.63) is 64.4 Å². The van der Waals surface area contributed by atoms with Crippen molar-refractivity contribution in [3.63, 3.8) is 0 Å². The maximum Gasteiger partial charge on any atom is 0.359 e. The fourth-order valence-electron chi connectivity index (χ4n) is 2.04. The summed E-state index contributed by atoms with van der Waals surface area (Å²) in [6.45, 7) is -0.490. The van der Waals surface area contributed by atoms with E-state index in [2.05, 4.69) is 15.3 Å². The average Bonchev–Trinajstić information content (AvgIpc) is 2.62. The first-order chi connectivity index (χ1) is 12.0. The average molecular weight is 376 g/mol. The van der Waals surface area contributed by atoms with Gasteiger partial charge in [0, 0.05) is 5.02 Å². The highest BCUT2D eigenvalue weighted by Crippen LogP contribution is 2.25. The van der Waals surface area contributed by atoms with Crippen molar-refractivity contribution < 1.29 is 14.3 Å². The topological polar surface area (TPSA) is 81.2 Å². The molecule has 25 heavy (non-hydrogen) atoms. The van der Waals surface area contributed by atoms with Crippen LogP contribution in [0.1, 0.15) is 10.5 Å². The summed E-state index contributed by atoms with van der Waals surface area (Å²) in [5, 5.41) is 3.26. The number of fused-ring (bicyclic) bond motifs is 1. The van der Waals surface area contributed by atoms with Crippen LogP contribution in [0.5, 0.6) is 0 Å². The molecule has 0 saturated heterocycles. The van der Waals surface area contributed by atoms with Crippen molar-refractivity contribution in [1.29, 1.82) is 0 Å². The van der Waals surface area contributed by atoms with Gasteiger partial charge >= 0.3 is 5.97 Å². The number of aromatic nitrogens is 2. The summed E-state index contributed by atoms with van der Waals surface area (Å²) in [7, 11) is 0. The summed E-state index contributed by atoms with van der Waals surface area (Å²) >= 11 is 11.8. The Balaban J connectivity index is 1.62. The highest BCUT2D eigenvalue weighted by molar-refractivity contribution is 6.35. The molecule has 8 heteroatoms. The molecule has 0 saturated carbocycles. The molecule has 0 bridgehead atoms. The predicted octanol–water partition coefficient (Wildman–Crippen LogP) is 3.73. The number of hydrogen-bond acceptors (Lipinski definition) is 5. The third-order valence-electron chi connectivity index (χ3n) is 3.19. The minimum Gasteiger partial charge on any atom is -0.451 e. The van der Waals surface area contributed by atoms with E-state index in [9.17, 15) is 9.59 Å². The molecule has 1 amide bonds. The lowest BCUT2D eigenvalue weighted by atomic mass is 10.3. The summed E-state index contributed by atoms with van der Waals surface area (Å²) in [6, 6.07) is 11.8. The summed E-state index contributed by atoms with van der Waals surface area (Å²) in [5.41, 5.74) is 1.58. The molecule has 0 fully saturated rings. The van der Waals surface area contributed by atoms with Crippen LogP contribution in [0.15, 0.2) is 48.7 Å². The third-order valence-corrected chi connectivity index (χ3v) is 3.76. The molecule has 1 heterocycles. The van der Waals surface area contributed by atoms with Gasteiger partial charge in [0.25, 0.3) is 5.91 Å². The van der Waals surface area contributed by atoms with Crippen LogP contribution >= 0.6 is 23.2 Å². The molecule has 1 aromatic heterocycles. The lowest BCUT2D eigenvalue weighted by Gasteiger charge is -2.08. The van der Waals surface area contributed by atoms with E-state index in [-0.39, 0.29) is 5.69 Å². The van der Waals surface area contributed by atoms with Gasteiger partial charge in [-0.15, -0.1) is 0 Å². The van der Waals surface area contributed by atoms with Gasteiger partial charge in [-0.05, 0) is 30.3 Å². The first-order valence-corrected chi connectivity index (χ1v) is 7.92. The molecule has 0 aliphatic rings. The fraction of sp³-hybridized carbons (Fsp3) is 0.0588. The van der Waals surface area contributed by atoms with Crippen molar-refractivity contribution >= 4 is 51.8 Å². The Hall–Kier alpha value is -2.70. The second-order valence-electron chi connectivity index (χ2n) is 4.99. The maximum absolute atomic E-state index is 12.0. The quantitative estimate of drug-likeness (QED) is 0.702. The van der Waals surface area contributed by atoms with Crippen molar-refractivity contribution in [3.8, 4) is 0 Å². The molecule has 0 spiro atoms. The van der Waals surface area contributed by atoms with Crippen molar-refractivity contribution in [2.45, 2.75) is 0 Å². The number of para-hydroxylation sites is 2. The molecular formula is C17H11Cl2N3O3. The Morgan fingerprint density at radius 2 is 1.84 bits per heavy atom. The molecule has 0 atom stereocenters. The summed E-state index contributed by atoms with van der Waals surface area (Å²) in [6.07, 6.45) is 1.30. The number of amides is 1. The van der Waals surface area contributed by atoms with Gasteiger partial charge in [-0.3, -0.25) is 9.78 Å². The summed E-state index contributed by atoms with van der Waals surface area (Å²) in [5.74, 6) is -1.29. The van der Waals surface area contributed by atoms with Gasteiger partial charge < -0.3 is 10.1 Å². The van der Waals surface area contributed by atoms with Gasteiger partial charge in [0.2, 0.25) is 0 Å². The standard InChI is InChI=1S/C17H11Cl2N3O3/c18-10-5-6-11(19)14(7-10)22-16(23)9-25-17(24)15-8-20-12-3-1-2-4-13(12)21-15/h1-8H,9H2,(H,22,23). The zero-order chi connectivity index (χ0) is 17.8. The Labute approximate surface area is 152 Å². The normalized spacial score (nSPS) is 10.5. The van der Waals surface area contributed by atoms with E-state index in [4.69, 9.17) is 27.9 Å². The number of nitrogens with one attached hydrogen (secondary N) is 1. The van der Waals surface area contributed by atoms with E-state index in [0.717, 1.165) is 0 Å². The number of ether oxygens (including phenoxy) is 1.